The van der Waals surface area contributed by atoms with Crippen LogP contribution >= 0.6 is 0 Å². The van der Waals surface area contributed by atoms with E-state index < -0.39 is 32.7 Å². The standard InChI is InChI=1S/C15H21N3O5/c1-8(2)5-10-7-12(17(20)21)13(15(16)19)14(18(22)23)11(10)6-9(3)4/h7-9H,5-6H2,1-4H3,(H2,16,19). The maximum absolute atomic E-state index is 11.6. The summed E-state index contributed by atoms with van der Waals surface area (Å²) in [5, 5.41) is 22.8. The largest absolute Gasteiger partial charge is 0.365 e. The third kappa shape index (κ3) is 4.24. The Morgan fingerprint density at radius 2 is 1.61 bits per heavy atom. The fraction of sp³-hybridized carbons (Fsp3) is 0.533. The normalized spacial score (nSPS) is 11.0. The molecule has 1 aromatic carbocycles. The Bertz CT molecular complexity index is 653. The van der Waals surface area contributed by atoms with E-state index in [0.717, 1.165) is 0 Å². The molecule has 0 unspecified atom stereocenters. The van der Waals surface area contributed by atoms with Crippen molar-refractivity contribution in [1.29, 1.82) is 0 Å². The highest BCUT2D eigenvalue weighted by molar-refractivity contribution is 6.02. The zero-order valence-corrected chi connectivity index (χ0v) is 13.7. The molecule has 0 atom stereocenters. The smallest absolute Gasteiger partial charge is 0.292 e. The number of nitro groups is 2. The van der Waals surface area contributed by atoms with Gasteiger partial charge < -0.3 is 5.73 Å². The number of hydrogen-bond acceptors (Lipinski definition) is 5. The summed E-state index contributed by atoms with van der Waals surface area (Å²) >= 11 is 0. The van der Waals surface area contributed by atoms with E-state index in [1.54, 1.807) is 0 Å². The van der Waals surface area contributed by atoms with E-state index >= 15 is 0 Å². The first kappa shape index (κ1) is 18.5. The van der Waals surface area contributed by atoms with Crippen molar-refractivity contribution in [1.82, 2.24) is 0 Å². The second-order valence-electron chi connectivity index (χ2n) is 6.33. The van der Waals surface area contributed by atoms with Gasteiger partial charge in [-0.05, 0) is 30.2 Å². The van der Waals surface area contributed by atoms with Crippen LogP contribution in [0.5, 0.6) is 0 Å². The minimum absolute atomic E-state index is 0.0850. The van der Waals surface area contributed by atoms with Crippen molar-refractivity contribution in [2.24, 2.45) is 17.6 Å². The lowest BCUT2D eigenvalue weighted by Gasteiger charge is -2.15. The Labute approximate surface area is 134 Å². The van der Waals surface area contributed by atoms with E-state index in [2.05, 4.69) is 0 Å². The minimum Gasteiger partial charge on any atom is -0.365 e. The van der Waals surface area contributed by atoms with Crippen LogP contribution in [0, 0.1) is 32.1 Å². The van der Waals surface area contributed by atoms with Crippen molar-refractivity contribution < 1.29 is 14.6 Å². The number of carbonyl (C=O) groups is 1. The first-order valence-electron chi connectivity index (χ1n) is 7.33. The van der Waals surface area contributed by atoms with Crippen LogP contribution in [0.1, 0.15) is 49.2 Å². The lowest BCUT2D eigenvalue weighted by atomic mass is 9.88. The van der Waals surface area contributed by atoms with E-state index in [0.29, 0.717) is 24.0 Å². The van der Waals surface area contributed by atoms with Crippen molar-refractivity contribution in [2.45, 2.75) is 40.5 Å². The van der Waals surface area contributed by atoms with Crippen molar-refractivity contribution in [3.8, 4) is 0 Å². The summed E-state index contributed by atoms with van der Waals surface area (Å²) in [6.07, 6.45) is 0.791. The van der Waals surface area contributed by atoms with Gasteiger partial charge in [0.05, 0.1) is 9.85 Å². The van der Waals surface area contributed by atoms with E-state index in [4.69, 9.17) is 5.73 Å². The van der Waals surface area contributed by atoms with Gasteiger partial charge in [0.2, 0.25) is 0 Å². The van der Waals surface area contributed by atoms with Gasteiger partial charge in [-0.3, -0.25) is 25.0 Å². The molecule has 0 saturated heterocycles. The fourth-order valence-electron chi connectivity index (χ4n) is 2.59. The molecule has 0 spiro atoms. The van der Waals surface area contributed by atoms with Crippen LogP contribution in [-0.2, 0) is 12.8 Å². The molecule has 0 aliphatic carbocycles. The molecule has 0 aliphatic heterocycles. The van der Waals surface area contributed by atoms with Gasteiger partial charge in [0, 0.05) is 11.6 Å². The van der Waals surface area contributed by atoms with Crippen LogP contribution in [0.15, 0.2) is 6.07 Å². The van der Waals surface area contributed by atoms with Crippen LogP contribution in [0.25, 0.3) is 0 Å². The summed E-state index contributed by atoms with van der Waals surface area (Å²) in [4.78, 5) is 32.9. The lowest BCUT2D eigenvalue weighted by molar-refractivity contribution is -0.395. The molecule has 0 saturated carbocycles. The molecule has 8 heteroatoms. The average molecular weight is 323 g/mol. The predicted molar refractivity (Wildman–Crippen MR) is 85.4 cm³/mol. The summed E-state index contributed by atoms with van der Waals surface area (Å²) in [7, 11) is 0. The SMILES string of the molecule is CC(C)Cc1cc([N+](=O)[O-])c(C(N)=O)c([N+](=O)[O-])c1CC(C)C. The first-order valence-corrected chi connectivity index (χ1v) is 7.33. The van der Waals surface area contributed by atoms with E-state index in [-0.39, 0.29) is 11.8 Å². The molecule has 0 aliphatic rings. The molecule has 2 N–H and O–H groups in total. The molecule has 8 nitrogen and oxygen atoms in total. The maximum atomic E-state index is 11.6. The number of nitrogens with two attached hydrogens (primary N) is 1. The molecule has 1 aromatic rings. The van der Waals surface area contributed by atoms with E-state index in [9.17, 15) is 25.0 Å². The third-order valence-electron chi connectivity index (χ3n) is 3.34. The van der Waals surface area contributed by atoms with E-state index in [1.807, 2.05) is 27.7 Å². The fourth-order valence-corrected chi connectivity index (χ4v) is 2.59. The quantitative estimate of drug-likeness (QED) is 0.609. The Morgan fingerprint density at radius 1 is 1.09 bits per heavy atom. The van der Waals surface area contributed by atoms with Gasteiger partial charge >= 0.3 is 0 Å². The number of hydrogen-bond donors (Lipinski definition) is 1. The van der Waals surface area contributed by atoms with Gasteiger partial charge in [-0.15, -0.1) is 0 Å². The highest BCUT2D eigenvalue weighted by Crippen LogP contribution is 2.37. The van der Waals surface area contributed by atoms with Crippen molar-refractivity contribution in [2.75, 3.05) is 0 Å². The Hall–Kier alpha value is -2.51. The Balaban J connectivity index is 3.87. The van der Waals surface area contributed by atoms with Crippen LogP contribution in [0.2, 0.25) is 0 Å². The maximum Gasteiger partial charge on any atom is 0.292 e. The van der Waals surface area contributed by atoms with Gasteiger partial charge in [-0.1, -0.05) is 27.7 Å². The summed E-state index contributed by atoms with van der Waals surface area (Å²) in [5.41, 5.74) is 4.32. The number of nitrogens with zero attached hydrogens (tertiary/aromatic N) is 2. The van der Waals surface area contributed by atoms with E-state index in [1.165, 1.54) is 6.07 Å². The summed E-state index contributed by atoms with van der Waals surface area (Å²) in [5.74, 6) is -0.925. The zero-order chi connectivity index (χ0) is 17.9. The minimum atomic E-state index is -1.16. The number of benzene rings is 1. The van der Waals surface area contributed by atoms with Crippen molar-refractivity contribution in [3.63, 3.8) is 0 Å². The number of carbonyl (C=O) groups excluding carboxylic acids is 1. The highest BCUT2D eigenvalue weighted by Gasteiger charge is 2.35. The number of amides is 1. The molecule has 23 heavy (non-hydrogen) atoms. The van der Waals surface area contributed by atoms with Gasteiger partial charge in [0.25, 0.3) is 17.3 Å². The van der Waals surface area contributed by atoms with Crippen LogP contribution in [0.3, 0.4) is 0 Å². The number of rotatable bonds is 7. The van der Waals surface area contributed by atoms with Gasteiger partial charge in [-0.25, -0.2) is 0 Å². The molecule has 0 heterocycles. The first-order chi connectivity index (χ1) is 10.6. The van der Waals surface area contributed by atoms with Crippen LogP contribution in [-0.4, -0.2) is 15.8 Å². The zero-order valence-electron chi connectivity index (χ0n) is 13.7. The molecule has 1 rings (SSSR count). The van der Waals surface area contributed by atoms with Crippen molar-refractivity contribution in [3.05, 3.63) is 43.0 Å². The average Bonchev–Trinajstić information content (AvgIpc) is 2.37. The topological polar surface area (TPSA) is 129 Å². The molecule has 0 radical (unpaired) electrons. The lowest BCUT2D eigenvalue weighted by Crippen LogP contribution is -2.19. The molecular weight excluding hydrogens is 302 g/mol. The molecular formula is C15H21N3O5. The summed E-state index contributed by atoms with van der Waals surface area (Å²) in [6.45, 7) is 7.60. The highest BCUT2D eigenvalue weighted by atomic mass is 16.6. The monoisotopic (exact) mass is 323 g/mol. The van der Waals surface area contributed by atoms with Gasteiger partial charge in [0.15, 0.2) is 5.56 Å². The Kier molecular flexibility index (Phi) is 5.78. The molecule has 0 bridgehead atoms. The van der Waals surface area contributed by atoms with Crippen molar-refractivity contribution >= 4 is 17.3 Å². The molecule has 0 aromatic heterocycles. The number of primary amides is 1. The van der Waals surface area contributed by atoms with Crippen LogP contribution < -0.4 is 5.73 Å². The second-order valence-corrected chi connectivity index (χ2v) is 6.33. The molecule has 126 valence electrons. The van der Waals surface area contributed by atoms with Crippen LogP contribution in [0.4, 0.5) is 11.4 Å². The molecule has 0 fully saturated rings. The van der Waals surface area contributed by atoms with Gasteiger partial charge in [0.1, 0.15) is 0 Å². The summed E-state index contributed by atoms with van der Waals surface area (Å²) in [6, 6.07) is 1.25. The Morgan fingerprint density at radius 3 is 1.96 bits per heavy atom. The third-order valence-corrected chi connectivity index (χ3v) is 3.34. The molecule has 1 amide bonds. The second kappa shape index (κ2) is 7.17. The van der Waals surface area contributed by atoms with Gasteiger partial charge in [-0.2, -0.15) is 0 Å². The summed E-state index contributed by atoms with van der Waals surface area (Å²) < 4.78 is 0. The predicted octanol–water partition coefficient (Wildman–Crippen LogP) is 3.00. The number of nitro benzene ring substituents is 2.